The van der Waals surface area contributed by atoms with Crippen molar-refractivity contribution in [2.75, 3.05) is 0 Å². The van der Waals surface area contributed by atoms with Crippen LogP contribution in [0.3, 0.4) is 0 Å². The molecule has 0 radical (unpaired) electrons. The molecule has 0 aliphatic heterocycles. The lowest BCUT2D eigenvalue weighted by molar-refractivity contribution is -0.384. The van der Waals surface area contributed by atoms with Crippen LogP contribution < -0.4 is 0 Å². The maximum Gasteiger partial charge on any atom is 0.331 e. The molecule has 0 saturated carbocycles. The van der Waals surface area contributed by atoms with Gasteiger partial charge in [0, 0.05) is 23.8 Å². The minimum absolute atomic E-state index is 0.102. The molecule has 0 N–H and O–H groups in total. The van der Waals surface area contributed by atoms with E-state index in [1.165, 1.54) is 43.3 Å². The van der Waals surface area contributed by atoms with Gasteiger partial charge in [0.05, 0.1) is 4.92 Å². The van der Waals surface area contributed by atoms with Gasteiger partial charge in [0.2, 0.25) is 5.78 Å². The second kappa shape index (κ2) is 7.96. The molecule has 128 valence electrons. The molecule has 0 aliphatic rings. The molecule has 0 aromatic heterocycles. The number of halogens is 1. The van der Waals surface area contributed by atoms with Crippen LogP contribution in [0.2, 0.25) is 0 Å². The van der Waals surface area contributed by atoms with E-state index >= 15 is 0 Å². The Kier molecular flexibility index (Phi) is 5.73. The summed E-state index contributed by atoms with van der Waals surface area (Å²) in [6.07, 6.45) is 1.38. The number of ketones is 1. The Balaban J connectivity index is 1.99. The third-order valence-corrected chi connectivity index (χ3v) is 3.28. The van der Waals surface area contributed by atoms with Gasteiger partial charge in [0.25, 0.3) is 5.69 Å². The molecule has 0 heterocycles. The SMILES string of the molecule is C[C@H](OC(=O)/C=C/c1cccc([N+](=O)[O-])c1)C(=O)c1ccc(F)cc1. The van der Waals surface area contributed by atoms with E-state index in [2.05, 4.69) is 0 Å². The Morgan fingerprint density at radius 3 is 2.52 bits per heavy atom. The van der Waals surface area contributed by atoms with Gasteiger partial charge in [-0.05, 0) is 42.8 Å². The van der Waals surface area contributed by atoms with Crippen molar-refractivity contribution in [3.8, 4) is 0 Å². The first kappa shape index (κ1) is 18.0. The standard InChI is InChI=1S/C18H14FNO5/c1-12(18(22)14-6-8-15(19)9-7-14)25-17(21)10-5-13-3-2-4-16(11-13)20(23)24/h2-12H,1H3/b10-5+/t12-/m0/s1. The van der Waals surface area contributed by atoms with E-state index in [9.17, 15) is 24.1 Å². The quantitative estimate of drug-likeness (QED) is 0.263. The molecule has 0 amide bonds. The van der Waals surface area contributed by atoms with Crippen LogP contribution in [0.5, 0.6) is 0 Å². The first-order valence-electron chi connectivity index (χ1n) is 7.30. The third kappa shape index (κ3) is 5.07. The number of hydrogen-bond donors (Lipinski definition) is 0. The van der Waals surface area contributed by atoms with Gasteiger partial charge >= 0.3 is 5.97 Å². The number of rotatable bonds is 6. The van der Waals surface area contributed by atoms with Crippen molar-refractivity contribution < 1.29 is 23.6 Å². The topological polar surface area (TPSA) is 86.5 Å². The number of benzene rings is 2. The van der Waals surface area contributed by atoms with Gasteiger partial charge in [0.1, 0.15) is 5.82 Å². The molecule has 7 heteroatoms. The largest absolute Gasteiger partial charge is 0.451 e. The van der Waals surface area contributed by atoms with E-state index in [4.69, 9.17) is 4.74 Å². The molecule has 0 spiro atoms. The summed E-state index contributed by atoms with van der Waals surface area (Å²) in [6.45, 7) is 1.41. The number of non-ortho nitro benzene ring substituents is 1. The van der Waals surface area contributed by atoms with Gasteiger partial charge in [-0.15, -0.1) is 0 Å². The summed E-state index contributed by atoms with van der Waals surface area (Å²) < 4.78 is 17.8. The number of hydrogen-bond acceptors (Lipinski definition) is 5. The normalized spacial score (nSPS) is 11.9. The summed E-state index contributed by atoms with van der Waals surface area (Å²) in [5.41, 5.74) is 0.573. The van der Waals surface area contributed by atoms with Crippen LogP contribution >= 0.6 is 0 Å². The highest BCUT2D eigenvalue weighted by atomic mass is 19.1. The molecule has 0 fully saturated rings. The minimum atomic E-state index is -1.05. The first-order chi connectivity index (χ1) is 11.9. The van der Waals surface area contributed by atoms with Gasteiger partial charge in [0.15, 0.2) is 6.10 Å². The van der Waals surface area contributed by atoms with E-state index in [0.29, 0.717) is 5.56 Å². The smallest absolute Gasteiger partial charge is 0.331 e. The van der Waals surface area contributed by atoms with Gasteiger partial charge in [-0.1, -0.05) is 12.1 Å². The van der Waals surface area contributed by atoms with E-state index in [1.54, 1.807) is 6.07 Å². The average Bonchev–Trinajstić information content (AvgIpc) is 2.60. The maximum atomic E-state index is 12.9. The molecule has 0 unspecified atom stereocenters. The summed E-state index contributed by atoms with van der Waals surface area (Å²) in [7, 11) is 0. The zero-order valence-corrected chi connectivity index (χ0v) is 13.2. The van der Waals surface area contributed by atoms with Crippen LogP contribution in [-0.4, -0.2) is 22.8 Å². The molecule has 25 heavy (non-hydrogen) atoms. The maximum absolute atomic E-state index is 12.9. The molecular weight excluding hydrogens is 329 g/mol. The summed E-state index contributed by atoms with van der Waals surface area (Å²) in [6, 6.07) is 10.6. The summed E-state index contributed by atoms with van der Waals surface area (Å²) in [5, 5.41) is 10.7. The molecule has 2 rings (SSSR count). The van der Waals surface area contributed by atoms with Crippen molar-refractivity contribution in [2.24, 2.45) is 0 Å². The zero-order valence-electron chi connectivity index (χ0n) is 13.2. The average molecular weight is 343 g/mol. The number of nitro benzene ring substituents is 1. The highest BCUT2D eigenvalue weighted by molar-refractivity contribution is 6.01. The Labute approximate surface area is 142 Å². The van der Waals surface area contributed by atoms with Crippen LogP contribution in [0.4, 0.5) is 10.1 Å². The number of carbonyl (C=O) groups excluding carboxylic acids is 2. The zero-order chi connectivity index (χ0) is 18.4. The van der Waals surface area contributed by atoms with E-state index in [-0.39, 0.29) is 11.3 Å². The third-order valence-electron chi connectivity index (χ3n) is 3.28. The predicted octanol–water partition coefficient (Wildman–Crippen LogP) is 3.56. The predicted molar refractivity (Wildman–Crippen MR) is 88.4 cm³/mol. The Morgan fingerprint density at radius 2 is 1.88 bits per heavy atom. The molecule has 6 nitrogen and oxygen atoms in total. The van der Waals surface area contributed by atoms with Crippen molar-refractivity contribution in [3.05, 3.63) is 81.7 Å². The second-order valence-corrected chi connectivity index (χ2v) is 5.14. The lowest BCUT2D eigenvalue weighted by atomic mass is 10.1. The van der Waals surface area contributed by atoms with Crippen LogP contribution in [-0.2, 0) is 9.53 Å². The monoisotopic (exact) mass is 343 g/mol. The first-order valence-corrected chi connectivity index (χ1v) is 7.30. The summed E-state index contributed by atoms with van der Waals surface area (Å²) in [5.74, 6) is -1.70. The van der Waals surface area contributed by atoms with Gasteiger partial charge in [-0.25, -0.2) is 9.18 Å². The van der Waals surface area contributed by atoms with Gasteiger partial charge in [-0.3, -0.25) is 14.9 Å². The fourth-order valence-electron chi connectivity index (χ4n) is 2.02. The Morgan fingerprint density at radius 1 is 1.20 bits per heavy atom. The van der Waals surface area contributed by atoms with Crippen molar-refractivity contribution in [3.63, 3.8) is 0 Å². The van der Waals surface area contributed by atoms with Gasteiger partial charge in [-0.2, -0.15) is 0 Å². The molecule has 0 aliphatic carbocycles. The number of Topliss-reactive ketones (excluding diaryl/α,β-unsaturated/α-hetero) is 1. The van der Waals surface area contributed by atoms with Crippen LogP contribution in [0, 0.1) is 15.9 Å². The molecule has 0 bridgehead atoms. The lowest BCUT2D eigenvalue weighted by Gasteiger charge is -2.10. The summed E-state index contributed by atoms with van der Waals surface area (Å²) in [4.78, 5) is 34.0. The molecule has 2 aromatic carbocycles. The minimum Gasteiger partial charge on any atom is -0.451 e. The van der Waals surface area contributed by atoms with Crippen molar-refractivity contribution in [2.45, 2.75) is 13.0 Å². The summed E-state index contributed by atoms with van der Waals surface area (Å²) >= 11 is 0. The van der Waals surface area contributed by atoms with E-state index < -0.39 is 28.6 Å². The highest BCUT2D eigenvalue weighted by Crippen LogP contribution is 2.14. The molecule has 2 aromatic rings. The fraction of sp³-hybridized carbons (Fsp3) is 0.111. The molecule has 0 saturated heterocycles. The lowest BCUT2D eigenvalue weighted by Crippen LogP contribution is -2.23. The number of nitrogens with zero attached hydrogens (tertiary/aromatic N) is 1. The van der Waals surface area contributed by atoms with Crippen molar-refractivity contribution in [1.82, 2.24) is 0 Å². The number of esters is 1. The Bertz CT molecular complexity index is 830. The van der Waals surface area contributed by atoms with Crippen LogP contribution in [0.15, 0.2) is 54.6 Å². The number of ether oxygens (including phenoxy) is 1. The van der Waals surface area contributed by atoms with E-state index in [0.717, 1.165) is 18.2 Å². The molecule has 1 atom stereocenters. The Hall–Kier alpha value is -3.35. The van der Waals surface area contributed by atoms with Crippen LogP contribution in [0.25, 0.3) is 6.08 Å². The van der Waals surface area contributed by atoms with Crippen molar-refractivity contribution in [1.29, 1.82) is 0 Å². The van der Waals surface area contributed by atoms with E-state index in [1.807, 2.05) is 0 Å². The second-order valence-electron chi connectivity index (χ2n) is 5.14. The van der Waals surface area contributed by atoms with Crippen molar-refractivity contribution >= 4 is 23.5 Å². The van der Waals surface area contributed by atoms with Gasteiger partial charge < -0.3 is 4.74 Å². The number of carbonyl (C=O) groups is 2. The fourth-order valence-corrected chi connectivity index (χ4v) is 2.02. The molecular formula is C18H14FNO5. The number of nitro groups is 1. The van der Waals surface area contributed by atoms with Crippen LogP contribution in [0.1, 0.15) is 22.8 Å². The highest BCUT2D eigenvalue weighted by Gasteiger charge is 2.18.